The van der Waals surface area contributed by atoms with Gasteiger partial charge in [-0.2, -0.15) is 0 Å². The molecule has 0 radical (unpaired) electrons. The first kappa shape index (κ1) is 43.4. The molecular formula is C39H74O6. The van der Waals surface area contributed by atoms with Crippen LogP contribution in [-0.2, 0) is 28.6 Å². The molecule has 0 bridgehead atoms. The van der Waals surface area contributed by atoms with E-state index in [0.717, 1.165) is 70.1 Å². The molecule has 2 atom stereocenters. The lowest BCUT2D eigenvalue weighted by atomic mass is 10.00. The van der Waals surface area contributed by atoms with Gasteiger partial charge in [-0.15, -0.1) is 0 Å². The number of hydrogen-bond donors (Lipinski definition) is 0. The predicted octanol–water partition coefficient (Wildman–Crippen LogP) is 11.6. The van der Waals surface area contributed by atoms with E-state index in [4.69, 9.17) is 14.2 Å². The van der Waals surface area contributed by atoms with Gasteiger partial charge in [0.25, 0.3) is 0 Å². The van der Waals surface area contributed by atoms with Crippen LogP contribution in [0.4, 0.5) is 0 Å². The maximum Gasteiger partial charge on any atom is 0.306 e. The number of ether oxygens (including phenoxy) is 3. The van der Waals surface area contributed by atoms with Gasteiger partial charge in [0, 0.05) is 19.3 Å². The Kier molecular flexibility index (Phi) is 32.6. The summed E-state index contributed by atoms with van der Waals surface area (Å²) in [5, 5.41) is 0. The number of esters is 3. The monoisotopic (exact) mass is 639 g/mol. The van der Waals surface area contributed by atoms with Crippen molar-refractivity contribution in [1.29, 1.82) is 0 Å². The van der Waals surface area contributed by atoms with Crippen LogP contribution in [0.1, 0.15) is 207 Å². The lowest BCUT2D eigenvalue weighted by Gasteiger charge is -2.18. The van der Waals surface area contributed by atoms with E-state index < -0.39 is 6.10 Å². The molecular weight excluding hydrogens is 564 g/mol. The fourth-order valence-corrected chi connectivity index (χ4v) is 5.53. The molecule has 1 unspecified atom stereocenters. The molecule has 0 amide bonds. The van der Waals surface area contributed by atoms with Gasteiger partial charge in [-0.1, -0.05) is 169 Å². The first-order chi connectivity index (χ1) is 21.9. The van der Waals surface area contributed by atoms with E-state index in [9.17, 15) is 14.4 Å². The number of carbonyl (C=O) groups excluding carboxylic acids is 3. The fourth-order valence-electron chi connectivity index (χ4n) is 5.53. The molecule has 0 heterocycles. The number of hydrogen-bond acceptors (Lipinski definition) is 6. The Labute approximate surface area is 278 Å². The highest BCUT2D eigenvalue weighted by Crippen LogP contribution is 2.16. The minimum absolute atomic E-state index is 0.0671. The summed E-state index contributed by atoms with van der Waals surface area (Å²) in [6, 6.07) is 0. The van der Waals surface area contributed by atoms with Crippen molar-refractivity contribution in [3.63, 3.8) is 0 Å². The largest absolute Gasteiger partial charge is 0.462 e. The van der Waals surface area contributed by atoms with E-state index in [1.54, 1.807) is 0 Å². The zero-order valence-electron chi connectivity index (χ0n) is 30.3. The van der Waals surface area contributed by atoms with Gasteiger partial charge in [-0.25, -0.2) is 0 Å². The second-order valence-corrected chi connectivity index (χ2v) is 13.5. The van der Waals surface area contributed by atoms with Crippen molar-refractivity contribution in [3.05, 3.63) is 0 Å². The molecule has 0 rings (SSSR count). The molecule has 0 N–H and O–H groups in total. The van der Waals surface area contributed by atoms with Crippen LogP contribution in [-0.4, -0.2) is 37.2 Å². The van der Waals surface area contributed by atoms with E-state index in [1.807, 2.05) is 0 Å². The van der Waals surface area contributed by atoms with Crippen LogP contribution in [0.15, 0.2) is 0 Å². The van der Waals surface area contributed by atoms with E-state index in [1.165, 1.54) is 96.3 Å². The van der Waals surface area contributed by atoms with Crippen LogP contribution >= 0.6 is 0 Å². The standard InChI is InChI=1S/C39H74O6/c1-5-8-10-12-13-14-15-16-17-18-24-28-32-39(42)45-36(33-43-37(40)30-26-21-11-9-6-2)34-44-38(41)31-27-23-20-19-22-25-29-35(4)7-3/h35-36H,5-34H2,1-4H3/t35?,36-/m1/s1. The first-order valence-corrected chi connectivity index (χ1v) is 19.4. The van der Waals surface area contributed by atoms with Gasteiger partial charge < -0.3 is 14.2 Å². The summed E-state index contributed by atoms with van der Waals surface area (Å²) in [6.45, 7) is 8.85. The van der Waals surface area contributed by atoms with Crippen molar-refractivity contribution >= 4 is 17.9 Å². The van der Waals surface area contributed by atoms with E-state index in [0.29, 0.717) is 19.3 Å². The highest BCUT2D eigenvalue weighted by atomic mass is 16.6. The average molecular weight is 639 g/mol. The summed E-state index contributed by atoms with van der Waals surface area (Å²) >= 11 is 0. The topological polar surface area (TPSA) is 78.9 Å². The Bertz CT molecular complexity index is 678. The minimum atomic E-state index is -0.756. The zero-order valence-corrected chi connectivity index (χ0v) is 30.3. The molecule has 0 aromatic heterocycles. The molecule has 45 heavy (non-hydrogen) atoms. The molecule has 0 saturated heterocycles. The van der Waals surface area contributed by atoms with Crippen LogP contribution < -0.4 is 0 Å². The minimum Gasteiger partial charge on any atom is -0.462 e. The lowest BCUT2D eigenvalue weighted by molar-refractivity contribution is -0.167. The van der Waals surface area contributed by atoms with Gasteiger partial charge in [-0.3, -0.25) is 14.4 Å². The Balaban J connectivity index is 4.29. The van der Waals surface area contributed by atoms with Gasteiger partial charge in [0.2, 0.25) is 0 Å². The Morgan fingerprint density at radius 3 is 1.16 bits per heavy atom. The van der Waals surface area contributed by atoms with Crippen molar-refractivity contribution in [1.82, 2.24) is 0 Å². The van der Waals surface area contributed by atoms with Gasteiger partial charge >= 0.3 is 17.9 Å². The molecule has 0 spiro atoms. The van der Waals surface area contributed by atoms with Gasteiger partial charge in [0.05, 0.1) is 0 Å². The molecule has 0 fully saturated rings. The molecule has 6 nitrogen and oxygen atoms in total. The van der Waals surface area contributed by atoms with E-state index in [-0.39, 0.29) is 31.1 Å². The van der Waals surface area contributed by atoms with Crippen LogP contribution in [0, 0.1) is 5.92 Å². The predicted molar refractivity (Wildman–Crippen MR) is 187 cm³/mol. The van der Waals surface area contributed by atoms with Crippen molar-refractivity contribution < 1.29 is 28.6 Å². The van der Waals surface area contributed by atoms with Crippen molar-refractivity contribution in [2.45, 2.75) is 214 Å². The van der Waals surface area contributed by atoms with Crippen LogP contribution in [0.3, 0.4) is 0 Å². The quantitative estimate of drug-likeness (QED) is 0.0396. The summed E-state index contributed by atoms with van der Waals surface area (Å²) in [6.07, 6.45) is 29.7. The molecule has 0 aliphatic heterocycles. The summed E-state index contributed by atoms with van der Waals surface area (Å²) < 4.78 is 16.5. The number of rotatable bonds is 34. The van der Waals surface area contributed by atoms with E-state index >= 15 is 0 Å². The summed E-state index contributed by atoms with van der Waals surface area (Å²) in [4.78, 5) is 37.2. The van der Waals surface area contributed by atoms with Crippen LogP contribution in [0.2, 0.25) is 0 Å². The number of unbranched alkanes of at least 4 members (excludes halogenated alkanes) is 20. The van der Waals surface area contributed by atoms with E-state index in [2.05, 4.69) is 27.7 Å². The average Bonchev–Trinajstić information content (AvgIpc) is 3.03. The molecule has 0 aliphatic rings. The van der Waals surface area contributed by atoms with Crippen LogP contribution in [0.5, 0.6) is 0 Å². The lowest BCUT2D eigenvalue weighted by Crippen LogP contribution is -2.30. The summed E-state index contributed by atoms with van der Waals surface area (Å²) in [5.74, 6) is -0.0663. The molecule has 0 aliphatic carbocycles. The van der Waals surface area contributed by atoms with Gasteiger partial charge in [-0.05, 0) is 25.2 Å². The van der Waals surface area contributed by atoms with Crippen molar-refractivity contribution in [3.8, 4) is 0 Å². The smallest absolute Gasteiger partial charge is 0.306 e. The van der Waals surface area contributed by atoms with Crippen molar-refractivity contribution in [2.75, 3.05) is 13.2 Å². The molecule has 0 aromatic rings. The third-order valence-electron chi connectivity index (χ3n) is 8.90. The fraction of sp³-hybridized carbons (Fsp3) is 0.923. The molecule has 0 saturated carbocycles. The number of carbonyl (C=O) groups is 3. The van der Waals surface area contributed by atoms with Gasteiger partial charge in [0.15, 0.2) is 6.10 Å². The van der Waals surface area contributed by atoms with Crippen LogP contribution in [0.25, 0.3) is 0 Å². The molecule has 6 heteroatoms. The highest BCUT2D eigenvalue weighted by molar-refractivity contribution is 5.71. The Hall–Kier alpha value is -1.59. The van der Waals surface area contributed by atoms with Crippen molar-refractivity contribution in [2.24, 2.45) is 5.92 Å². The highest BCUT2D eigenvalue weighted by Gasteiger charge is 2.19. The maximum atomic E-state index is 12.6. The SMILES string of the molecule is CCCCCCCCCCCCCCC(=O)O[C@H](COC(=O)CCCCCCC)COC(=O)CCCCCCCCC(C)CC. The Morgan fingerprint density at radius 1 is 0.444 bits per heavy atom. The zero-order chi connectivity index (χ0) is 33.2. The maximum absolute atomic E-state index is 12.6. The van der Waals surface area contributed by atoms with Gasteiger partial charge in [0.1, 0.15) is 13.2 Å². The summed E-state index contributed by atoms with van der Waals surface area (Å²) in [5.41, 5.74) is 0. The third kappa shape index (κ3) is 32.2. The second-order valence-electron chi connectivity index (χ2n) is 13.5. The molecule has 0 aromatic carbocycles. The first-order valence-electron chi connectivity index (χ1n) is 19.4. The normalized spacial score (nSPS) is 12.5. The third-order valence-corrected chi connectivity index (χ3v) is 8.90. The Morgan fingerprint density at radius 2 is 0.778 bits per heavy atom. The summed E-state index contributed by atoms with van der Waals surface area (Å²) in [7, 11) is 0. The second kappa shape index (κ2) is 33.8. The molecule has 266 valence electrons.